The molecule has 0 amide bonds. The molecule has 96 valence electrons. The molecule has 0 atom stereocenters. The molecule has 2 aromatic rings. The van der Waals surface area contributed by atoms with Crippen LogP contribution in [0.4, 0.5) is 11.5 Å². The lowest BCUT2D eigenvalue weighted by Crippen LogP contribution is -2.17. The first-order chi connectivity index (χ1) is 8.48. The predicted molar refractivity (Wildman–Crippen MR) is 70.3 cm³/mol. The molecular formula is C11H14N4O2S. The number of sulfonamides is 1. The molecule has 0 spiro atoms. The zero-order chi connectivity index (χ0) is 13.2. The highest BCUT2D eigenvalue weighted by atomic mass is 32.2. The molecule has 0 aliphatic carbocycles. The monoisotopic (exact) mass is 266 g/mol. The number of hydrogen-bond donors (Lipinski definition) is 2. The smallest absolute Gasteiger partial charge is 0.238 e. The molecule has 0 aliphatic heterocycles. The topological polar surface area (TPSA) is 90.0 Å². The van der Waals surface area contributed by atoms with Gasteiger partial charge in [-0.2, -0.15) is 5.10 Å². The standard InChI is InChI=1S/C11H14N4O2S/c1-15-11(6-7-13-15)14-18(16,17)8-9-4-2-3-5-10(9)12/h2-7,14H,8,12H2,1H3. The molecule has 6 nitrogen and oxygen atoms in total. The van der Waals surface area contributed by atoms with E-state index in [1.807, 2.05) is 0 Å². The highest BCUT2D eigenvalue weighted by molar-refractivity contribution is 7.91. The van der Waals surface area contributed by atoms with Crippen molar-refractivity contribution in [1.82, 2.24) is 9.78 Å². The third-order valence-electron chi connectivity index (χ3n) is 2.48. The van der Waals surface area contributed by atoms with Gasteiger partial charge in [0.1, 0.15) is 5.82 Å². The molecule has 1 aromatic heterocycles. The summed E-state index contributed by atoms with van der Waals surface area (Å²) in [7, 11) is -1.83. The second-order valence-corrected chi connectivity index (χ2v) is 5.62. The second-order valence-electron chi connectivity index (χ2n) is 3.90. The maximum Gasteiger partial charge on any atom is 0.238 e. The van der Waals surface area contributed by atoms with Crippen molar-refractivity contribution in [1.29, 1.82) is 0 Å². The fraction of sp³-hybridized carbons (Fsp3) is 0.182. The number of aryl methyl sites for hydroxylation is 1. The van der Waals surface area contributed by atoms with Crippen LogP contribution in [-0.2, 0) is 22.8 Å². The minimum absolute atomic E-state index is 0.162. The van der Waals surface area contributed by atoms with Crippen LogP contribution in [0.3, 0.4) is 0 Å². The maximum absolute atomic E-state index is 12.0. The minimum atomic E-state index is -3.49. The van der Waals surface area contributed by atoms with Crippen LogP contribution in [0.25, 0.3) is 0 Å². The van der Waals surface area contributed by atoms with Crippen molar-refractivity contribution < 1.29 is 8.42 Å². The third-order valence-corrected chi connectivity index (χ3v) is 3.69. The van der Waals surface area contributed by atoms with Crippen LogP contribution in [-0.4, -0.2) is 18.2 Å². The fourth-order valence-electron chi connectivity index (χ4n) is 1.54. The lowest BCUT2D eigenvalue weighted by atomic mass is 10.2. The van der Waals surface area contributed by atoms with E-state index in [0.717, 1.165) is 0 Å². The summed E-state index contributed by atoms with van der Waals surface area (Å²) in [6, 6.07) is 8.48. The number of benzene rings is 1. The van der Waals surface area contributed by atoms with E-state index in [9.17, 15) is 8.42 Å². The summed E-state index contributed by atoms with van der Waals surface area (Å²) < 4.78 is 27.8. The van der Waals surface area contributed by atoms with Gasteiger partial charge in [-0.1, -0.05) is 18.2 Å². The second kappa shape index (κ2) is 4.69. The molecule has 1 heterocycles. The molecule has 18 heavy (non-hydrogen) atoms. The molecule has 0 saturated heterocycles. The summed E-state index contributed by atoms with van der Waals surface area (Å²) in [4.78, 5) is 0. The van der Waals surface area contributed by atoms with Crippen LogP contribution in [0.5, 0.6) is 0 Å². The Morgan fingerprint density at radius 2 is 2.06 bits per heavy atom. The molecule has 0 fully saturated rings. The molecular weight excluding hydrogens is 252 g/mol. The molecule has 0 aliphatic rings. The van der Waals surface area contributed by atoms with Crippen LogP contribution in [0.15, 0.2) is 36.5 Å². The Balaban J connectivity index is 2.18. The van der Waals surface area contributed by atoms with Crippen LogP contribution in [0.2, 0.25) is 0 Å². The Hall–Kier alpha value is -2.02. The molecule has 1 aromatic carbocycles. The Kier molecular flexibility index (Phi) is 3.24. The predicted octanol–water partition coefficient (Wildman–Crippen LogP) is 0.944. The number of nitrogen functional groups attached to an aromatic ring is 1. The molecule has 3 N–H and O–H groups in total. The average Bonchev–Trinajstić information content (AvgIpc) is 2.67. The zero-order valence-electron chi connectivity index (χ0n) is 9.87. The van der Waals surface area contributed by atoms with Crippen molar-refractivity contribution in [2.75, 3.05) is 10.5 Å². The highest BCUT2D eigenvalue weighted by Crippen LogP contribution is 2.16. The Bertz CT molecular complexity index is 649. The molecule has 0 saturated carbocycles. The zero-order valence-corrected chi connectivity index (χ0v) is 10.7. The average molecular weight is 266 g/mol. The molecule has 0 unspecified atom stereocenters. The largest absolute Gasteiger partial charge is 0.398 e. The van der Waals surface area contributed by atoms with Gasteiger partial charge in [-0.25, -0.2) is 8.42 Å². The van der Waals surface area contributed by atoms with Crippen LogP contribution < -0.4 is 10.5 Å². The summed E-state index contributed by atoms with van der Waals surface area (Å²) in [6.45, 7) is 0. The van der Waals surface area contributed by atoms with E-state index in [1.165, 1.54) is 10.9 Å². The number of anilines is 2. The molecule has 0 bridgehead atoms. The first kappa shape index (κ1) is 12.4. The highest BCUT2D eigenvalue weighted by Gasteiger charge is 2.14. The van der Waals surface area contributed by atoms with E-state index >= 15 is 0 Å². The van der Waals surface area contributed by atoms with Gasteiger partial charge in [0.15, 0.2) is 0 Å². The lowest BCUT2D eigenvalue weighted by Gasteiger charge is -2.09. The van der Waals surface area contributed by atoms with Crippen LogP contribution >= 0.6 is 0 Å². The molecule has 7 heteroatoms. The van der Waals surface area contributed by atoms with E-state index < -0.39 is 10.0 Å². The summed E-state index contributed by atoms with van der Waals surface area (Å²) in [6.07, 6.45) is 1.52. The first-order valence-corrected chi connectivity index (χ1v) is 6.95. The fourth-order valence-corrected chi connectivity index (χ4v) is 2.80. The van der Waals surface area contributed by atoms with E-state index in [2.05, 4.69) is 9.82 Å². The normalized spacial score (nSPS) is 11.4. The van der Waals surface area contributed by atoms with Gasteiger partial charge < -0.3 is 5.73 Å². The first-order valence-electron chi connectivity index (χ1n) is 5.30. The number of nitrogens with two attached hydrogens (primary N) is 1. The van der Waals surface area contributed by atoms with E-state index in [1.54, 1.807) is 37.4 Å². The number of nitrogens with one attached hydrogen (secondary N) is 1. The summed E-state index contributed by atoms with van der Waals surface area (Å²) >= 11 is 0. The van der Waals surface area contributed by atoms with Crippen molar-refractivity contribution in [2.45, 2.75) is 5.75 Å². The van der Waals surface area contributed by atoms with Gasteiger partial charge in [0.2, 0.25) is 10.0 Å². The van der Waals surface area contributed by atoms with Crippen molar-refractivity contribution in [3.63, 3.8) is 0 Å². The van der Waals surface area contributed by atoms with E-state index in [4.69, 9.17) is 5.73 Å². The van der Waals surface area contributed by atoms with Crippen LogP contribution in [0, 0.1) is 0 Å². The van der Waals surface area contributed by atoms with Gasteiger partial charge in [-0.05, 0) is 11.6 Å². The Morgan fingerprint density at radius 1 is 1.33 bits per heavy atom. The molecule has 0 radical (unpaired) electrons. The van der Waals surface area contributed by atoms with Gasteiger partial charge in [0, 0.05) is 18.8 Å². The van der Waals surface area contributed by atoms with Gasteiger partial charge in [-0.15, -0.1) is 0 Å². The van der Waals surface area contributed by atoms with Crippen molar-refractivity contribution in [3.05, 3.63) is 42.1 Å². The summed E-state index contributed by atoms with van der Waals surface area (Å²) in [5.41, 5.74) is 6.76. The van der Waals surface area contributed by atoms with Crippen molar-refractivity contribution in [2.24, 2.45) is 7.05 Å². The Labute approximate surface area is 105 Å². The number of hydrogen-bond acceptors (Lipinski definition) is 4. The van der Waals surface area contributed by atoms with Crippen molar-refractivity contribution in [3.8, 4) is 0 Å². The van der Waals surface area contributed by atoms with Gasteiger partial charge >= 0.3 is 0 Å². The van der Waals surface area contributed by atoms with Gasteiger partial charge in [-0.3, -0.25) is 9.40 Å². The van der Waals surface area contributed by atoms with Gasteiger partial charge in [0.05, 0.1) is 11.9 Å². The SMILES string of the molecule is Cn1nccc1NS(=O)(=O)Cc1ccccc1N. The minimum Gasteiger partial charge on any atom is -0.398 e. The van der Waals surface area contributed by atoms with Gasteiger partial charge in [0.25, 0.3) is 0 Å². The molecule has 2 rings (SSSR count). The Morgan fingerprint density at radius 3 is 2.67 bits per heavy atom. The number of rotatable bonds is 4. The quantitative estimate of drug-likeness (QED) is 0.806. The summed E-state index contributed by atoms with van der Waals surface area (Å²) in [5, 5.41) is 3.89. The number of aromatic nitrogens is 2. The van der Waals surface area contributed by atoms with E-state index in [-0.39, 0.29) is 5.75 Å². The van der Waals surface area contributed by atoms with Crippen molar-refractivity contribution >= 4 is 21.5 Å². The van der Waals surface area contributed by atoms with Crippen LogP contribution in [0.1, 0.15) is 5.56 Å². The number of para-hydroxylation sites is 1. The third kappa shape index (κ3) is 2.80. The maximum atomic E-state index is 12.0. The summed E-state index contributed by atoms with van der Waals surface area (Å²) in [5.74, 6) is 0.259. The number of nitrogens with zero attached hydrogens (tertiary/aromatic N) is 2. The van der Waals surface area contributed by atoms with E-state index in [0.29, 0.717) is 17.1 Å². The lowest BCUT2D eigenvalue weighted by molar-refractivity contribution is 0.599.